The summed E-state index contributed by atoms with van der Waals surface area (Å²) >= 11 is 0. The van der Waals surface area contributed by atoms with Gasteiger partial charge in [0.25, 0.3) is 0 Å². The number of amides is 1. The Balaban J connectivity index is 1.41. The van der Waals surface area contributed by atoms with Crippen molar-refractivity contribution in [2.24, 2.45) is 0 Å². The zero-order valence-corrected chi connectivity index (χ0v) is 17.1. The molecule has 0 spiro atoms. The summed E-state index contributed by atoms with van der Waals surface area (Å²) in [5, 5.41) is 12.0. The molecule has 1 atom stereocenters. The third kappa shape index (κ3) is 4.53. The van der Waals surface area contributed by atoms with Gasteiger partial charge in [-0.2, -0.15) is 0 Å². The molecule has 1 aliphatic rings. The molecule has 4 rings (SSSR count). The maximum absolute atomic E-state index is 12.4. The summed E-state index contributed by atoms with van der Waals surface area (Å²) in [6.07, 6.45) is 0.332. The van der Waals surface area contributed by atoms with Crippen LogP contribution >= 0.6 is 0 Å². The van der Waals surface area contributed by atoms with Crippen molar-refractivity contribution in [2.45, 2.75) is 25.5 Å². The zero-order chi connectivity index (χ0) is 21.8. The highest BCUT2D eigenvalue weighted by Crippen LogP contribution is 2.38. The zero-order valence-electron chi connectivity index (χ0n) is 17.1. The first-order chi connectivity index (χ1) is 15.0. The molecule has 6 heteroatoms. The highest BCUT2D eigenvalue weighted by molar-refractivity contribution is 5.82. The van der Waals surface area contributed by atoms with Crippen LogP contribution in [0.4, 0.5) is 4.79 Å². The van der Waals surface area contributed by atoms with Crippen molar-refractivity contribution < 1.29 is 24.2 Å². The van der Waals surface area contributed by atoms with E-state index < -0.39 is 18.1 Å². The number of ether oxygens (including phenoxy) is 2. The first-order valence-corrected chi connectivity index (χ1v) is 10.0. The van der Waals surface area contributed by atoms with Gasteiger partial charge in [0.15, 0.2) is 0 Å². The molecule has 1 amide bonds. The molecule has 0 saturated heterocycles. The van der Waals surface area contributed by atoms with Crippen molar-refractivity contribution in [2.75, 3.05) is 7.11 Å². The molecule has 0 fully saturated rings. The van der Waals surface area contributed by atoms with E-state index in [1.54, 1.807) is 12.1 Å². The standard InChI is InChI=1S/C25H23NO5/c1-30-24(28)23(13-16-9-11-19(27)12-10-16)26-25(29)31-15-18-6-4-8-21-20-7-3-2-5-17(20)14-22(18)21/h2-12,23,27H,13-15H2,1H3,(H,26,29)/t23-/m0/s1. The van der Waals surface area contributed by atoms with Gasteiger partial charge < -0.3 is 19.9 Å². The van der Waals surface area contributed by atoms with E-state index in [1.165, 1.54) is 30.4 Å². The van der Waals surface area contributed by atoms with Crippen LogP contribution in [0.25, 0.3) is 11.1 Å². The molecule has 2 N–H and O–H groups in total. The maximum atomic E-state index is 12.4. The van der Waals surface area contributed by atoms with Crippen molar-refractivity contribution >= 4 is 12.1 Å². The van der Waals surface area contributed by atoms with E-state index in [4.69, 9.17) is 9.47 Å². The molecule has 0 saturated carbocycles. The number of hydrogen-bond donors (Lipinski definition) is 2. The smallest absolute Gasteiger partial charge is 0.408 e. The van der Waals surface area contributed by atoms with Gasteiger partial charge in [-0.3, -0.25) is 0 Å². The fourth-order valence-corrected chi connectivity index (χ4v) is 3.89. The van der Waals surface area contributed by atoms with E-state index in [9.17, 15) is 14.7 Å². The summed E-state index contributed by atoms with van der Waals surface area (Å²) in [5.74, 6) is -0.440. The average molecular weight is 417 g/mol. The van der Waals surface area contributed by atoms with E-state index in [-0.39, 0.29) is 18.8 Å². The second-order valence-electron chi connectivity index (χ2n) is 7.44. The second-order valence-corrected chi connectivity index (χ2v) is 7.44. The highest BCUT2D eigenvalue weighted by Gasteiger charge is 2.24. The minimum Gasteiger partial charge on any atom is -0.508 e. The largest absolute Gasteiger partial charge is 0.508 e. The van der Waals surface area contributed by atoms with Crippen LogP contribution in [-0.2, 0) is 33.7 Å². The lowest BCUT2D eigenvalue weighted by Crippen LogP contribution is -2.43. The number of benzene rings is 3. The van der Waals surface area contributed by atoms with Crippen molar-refractivity contribution in [1.29, 1.82) is 0 Å². The van der Waals surface area contributed by atoms with Crippen molar-refractivity contribution in [1.82, 2.24) is 5.32 Å². The van der Waals surface area contributed by atoms with Gasteiger partial charge in [0.2, 0.25) is 0 Å². The van der Waals surface area contributed by atoms with Gasteiger partial charge >= 0.3 is 12.1 Å². The molecule has 31 heavy (non-hydrogen) atoms. The number of aromatic hydroxyl groups is 1. The number of esters is 1. The number of fused-ring (bicyclic) bond motifs is 3. The average Bonchev–Trinajstić information content (AvgIpc) is 3.17. The van der Waals surface area contributed by atoms with E-state index in [0.29, 0.717) is 0 Å². The Morgan fingerprint density at radius 3 is 2.52 bits per heavy atom. The van der Waals surface area contributed by atoms with Crippen LogP contribution in [0.3, 0.4) is 0 Å². The molecule has 0 bridgehead atoms. The molecule has 6 nitrogen and oxygen atoms in total. The number of carbonyl (C=O) groups excluding carboxylic acids is 2. The van der Waals surface area contributed by atoms with E-state index in [1.807, 2.05) is 24.3 Å². The summed E-state index contributed by atoms with van der Waals surface area (Å²) < 4.78 is 10.2. The number of alkyl carbamates (subject to hydrolysis) is 1. The Bertz CT molecular complexity index is 1110. The van der Waals surface area contributed by atoms with Gasteiger partial charge in [0, 0.05) is 6.42 Å². The van der Waals surface area contributed by atoms with Crippen LogP contribution in [0.1, 0.15) is 22.3 Å². The molecule has 0 unspecified atom stereocenters. The van der Waals surface area contributed by atoms with E-state index >= 15 is 0 Å². The van der Waals surface area contributed by atoms with Crippen LogP contribution in [0, 0.1) is 0 Å². The number of rotatable bonds is 6. The summed E-state index contributed by atoms with van der Waals surface area (Å²) in [7, 11) is 1.27. The Kier molecular flexibility index (Phi) is 5.89. The van der Waals surface area contributed by atoms with Crippen LogP contribution < -0.4 is 5.32 Å². The number of methoxy groups -OCH3 is 1. The quantitative estimate of drug-likeness (QED) is 0.464. The first kappa shape index (κ1) is 20.5. The van der Waals surface area contributed by atoms with Gasteiger partial charge in [-0.1, -0.05) is 54.6 Å². The van der Waals surface area contributed by atoms with Gasteiger partial charge in [-0.25, -0.2) is 9.59 Å². The minimum absolute atomic E-state index is 0.107. The Hall–Kier alpha value is -3.80. The van der Waals surface area contributed by atoms with Gasteiger partial charge in [0.05, 0.1) is 7.11 Å². The monoisotopic (exact) mass is 417 g/mol. The molecule has 1 aliphatic carbocycles. The lowest BCUT2D eigenvalue weighted by Gasteiger charge is -2.17. The molecule has 3 aromatic carbocycles. The van der Waals surface area contributed by atoms with Crippen molar-refractivity contribution in [3.63, 3.8) is 0 Å². The first-order valence-electron chi connectivity index (χ1n) is 10.0. The van der Waals surface area contributed by atoms with Crippen LogP contribution in [0.15, 0.2) is 66.7 Å². The molecule has 0 radical (unpaired) electrons. The number of carbonyl (C=O) groups is 2. The van der Waals surface area contributed by atoms with Crippen LogP contribution in [0.2, 0.25) is 0 Å². The number of nitrogens with one attached hydrogen (secondary N) is 1. The lowest BCUT2D eigenvalue weighted by molar-refractivity contribution is -0.143. The van der Waals surface area contributed by atoms with E-state index in [0.717, 1.165) is 28.7 Å². The molecular weight excluding hydrogens is 394 g/mol. The van der Waals surface area contributed by atoms with Crippen LogP contribution in [-0.4, -0.2) is 30.3 Å². The molecule has 0 aromatic heterocycles. The minimum atomic E-state index is -0.896. The van der Waals surface area contributed by atoms with Crippen LogP contribution in [0.5, 0.6) is 5.75 Å². The number of phenols is 1. The summed E-state index contributed by atoms with van der Waals surface area (Å²) in [6.45, 7) is 0.107. The van der Waals surface area contributed by atoms with E-state index in [2.05, 4.69) is 23.5 Å². The lowest BCUT2D eigenvalue weighted by atomic mass is 10.0. The Morgan fingerprint density at radius 2 is 1.74 bits per heavy atom. The fourth-order valence-electron chi connectivity index (χ4n) is 3.89. The molecule has 3 aromatic rings. The number of hydrogen-bond acceptors (Lipinski definition) is 5. The normalized spacial score (nSPS) is 12.4. The van der Waals surface area contributed by atoms with Gasteiger partial charge in [0.1, 0.15) is 18.4 Å². The summed E-state index contributed by atoms with van der Waals surface area (Å²) in [5.41, 5.74) is 6.50. The summed E-state index contributed by atoms with van der Waals surface area (Å²) in [6, 6.07) is 19.8. The van der Waals surface area contributed by atoms with Crippen molar-refractivity contribution in [3.8, 4) is 16.9 Å². The van der Waals surface area contributed by atoms with Gasteiger partial charge in [-0.05, 0) is 51.9 Å². The maximum Gasteiger partial charge on any atom is 0.408 e. The van der Waals surface area contributed by atoms with Crippen molar-refractivity contribution in [3.05, 3.63) is 89.0 Å². The molecular formula is C25H23NO5. The summed E-state index contributed by atoms with van der Waals surface area (Å²) in [4.78, 5) is 24.6. The third-order valence-electron chi connectivity index (χ3n) is 5.46. The SMILES string of the molecule is COC(=O)[C@H](Cc1ccc(O)cc1)NC(=O)OCc1cccc2c1Cc1ccccc1-2. The highest BCUT2D eigenvalue weighted by atomic mass is 16.6. The Labute approximate surface area is 180 Å². The predicted molar refractivity (Wildman–Crippen MR) is 116 cm³/mol. The fraction of sp³-hybridized carbons (Fsp3) is 0.200. The predicted octanol–water partition coefficient (Wildman–Crippen LogP) is 3.97. The molecule has 0 heterocycles. The second kappa shape index (κ2) is 8.92. The molecule has 158 valence electrons. The molecule has 0 aliphatic heterocycles. The topological polar surface area (TPSA) is 84.9 Å². The third-order valence-corrected chi connectivity index (χ3v) is 5.46. The Morgan fingerprint density at radius 1 is 1.00 bits per heavy atom. The number of phenolic OH excluding ortho intramolecular Hbond substituents is 1. The van der Waals surface area contributed by atoms with Gasteiger partial charge in [-0.15, -0.1) is 0 Å².